The largest absolute Gasteiger partial charge is 0.339 e. The summed E-state index contributed by atoms with van der Waals surface area (Å²) < 4.78 is 0. The van der Waals surface area contributed by atoms with E-state index in [2.05, 4.69) is 5.32 Å². The third-order valence-corrected chi connectivity index (χ3v) is 3.44. The fourth-order valence-corrected chi connectivity index (χ4v) is 2.50. The lowest BCUT2D eigenvalue weighted by atomic mass is 9.97. The molecule has 2 aromatic carbocycles. The summed E-state index contributed by atoms with van der Waals surface area (Å²) in [5.74, 6) is -0.198. The lowest BCUT2D eigenvalue weighted by Gasteiger charge is -2.30. The molecule has 0 aromatic heterocycles. The van der Waals surface area contributed by atoms with Gasteiger partial charge in [-0.05, 0) is 16.3 Å². The molecule has 1 aliphatic rings. The second-order valence-electron chi connectivity index (χ2n) is 4.76. The number of likely N-dealkylation sites (N-methyl/N-ethyl adjacent to an activating group) is 1. The monoisotopic (exact) mass is 254 g/mol. The summed E-state index contributed by atoms with van der Waals surface area (Å²) in [6.07, 6.45) is 0. The first kappa shape index (κ1) is 11.7. The van der Waals surface area contributed by atoms with Gasteiger partial charge in [0.2, 0.25) is 11.8 Å². The summed E-state index contributed by atoms with van der Waals surface area (Å²) in [4.78, 5) is 25.3. The zero-order valence-corrected chi connectivity index (χ0v) is 10.6. The van der Waals surface area contributed by atoms with Crippen LogP contribution in [-0.2, 0) is 9.59 Å². The van der Waals surface area contributed by atoms with Gasteiger partial charge in [0.25, 0.3) is 0 Å². The number of hydrogen-bond donors (Lipinski definition) is 1. The fourth-order valence-electron chi connectivity index (χ4n) is 2.50. The fraction of sp³-hybridized carbons (Fsp3) is 0.200. The van der Waals surface area contributed by atoms with Crippen molar-refractivity contribution < 1.29 is 9.59 Å². The molecule has 0 bridgehead atoms. The van der Waals surface area contributed by atoms with Crippen LogP contribution >= 0.6 is 0 Å². The van der Waals surface area contributed by atoms with Crippen molar-refractivity contribution in [3.05, 3.63) is 48.0 Å². The van der Waals surface area contributed by atoms with Crippen LogP contribution in [0.1, 0.15) is 11.6 Å². The zero-order chi connectivity index (χ0) is 13.4. The zero-order valence-electron chi connectivity index (χ0n) is 10.6. The lowest BCUT2D eigenvalue weighted by molar-refractivity contribution is -0.143. The highest BCUT2D eigenvalue weighted by molar-refractivity contribution is 5.99. The number of carbonyl (C=O) groups excluding carboxylic acids is 2. The second-order valence-corrected chi connectivity index (χ2v) is 4.76. The first-order chi connectivity index (χ1) is 9.16. The van der Waals surface area contributed by atoms with Crippen molar-refractivity contribution >= 4 is 22.6 Å². The molecular weight excluding hydrogens is 240 g/mol. The summed E-state index contributed by atoms with van der Waals surface area (Å²) in [7, 11) is 1.65. The van der Waals surface area contributed by atoms with E-state index < -0.39 is 6.04 Å². The van der Waals surface area contributed by atoms with Gasteiger partial charge in [-0.25, -0.2) is 0 Å². The summed E-state index contributed by atoms with van der Waals surface area (Å²) in [6.45, 7) is 0.125. The molecule has 2 amide bonds. The van der Waals surface area contributed by atoms with Crippen LogP contribution in [0.5, 0.6) is 0 Å². The lowest BCUT2D eigenvalue weighted by Crippen LogP contribution is -2.51. The van der Waals surface area contributed by atoms with Crippen molar-refractivity contribution in [1.82, 2.24) is 10.2 Å². The molecule has 1 aliphatic heterocycles. The molecule has 0 aliphatic carbocycles. The van der Waals surface area contributed by atoms with Crippen molar-refractivity contribution in [2.45, 2.75) is 6.04 Å². The maximum atomic E-state index is 12.2. The van der Waals surface area contributed by atoms with E-state index in [1.165, 1.54) is 4.90 Å². The molecule has 19 heavy (non-hydrogen) atoms. The Labute approximate surface area is 111 Å². The number of nitrogens with zero attached hydrogens (tertiary/aromatic N) is 1. The number of rotatable bonds is 1. The Morgan fingerprint density at radius 2 is 1.84 bits per heavy atom. The predicted molar refractivity (Wildman–Crippen MR) is 72.5 cm³/mol. The molecule has 0 spiro atoms. The average molecular weight is 254 g/mol. The van der Waals surface area contributed by atoms with Crippen molar-refractivity contribution in [1.29, 1.82) is 0 Å². The molecule has 2 aromatic rings. The van der Waals surface area contributed by atoms with Crippen LogP contribution in [0, 0.1) is 0 Å². The quantitative estimate of drug-likeness (QED) is 0.837. The first-order valence-electron chi connectivity index (χ1n) is 6.19. The molecular formula is C15H14N2O2. The van der Waals surface area contributed by atoms with Gasteiger partial charge in [0.1, 0.15) is 6.04 Å². The molecule has 0 saturated carbocycles. The molecule has 96 valence electrons. The number of benzene rings is 2. The number of hydrogen-bond acceptors (Lipinski definition) is 2. The van der Waals surface area contributed by atoms with E-state index in [1.54, 1.807) is 7.05 Å². The van der Waals surface area contributed by atoms with E-state index in [-0.39, 0.29) is 18.4 Å². The normalized spacial score (nSPS) is 19.6. The van der Waals surface area contributed by atoms with E-state index in [0.717, 1.165) is 16.3 Å². The Hall–Kier alpha value is -2.36. The Bertz CT molecular complexity index is 661. The Balaban J connectivity index is 2.13. The average Bonchev–Trinajstić information content (AvgIpc) is 2.42. The van der Waals surface area contributed by atoms with E-state index in [9.17, 15) is 9.59 Å². The molecule has 4 nitrogen and oxygen atoms in total. The molecule has 1 N–H and O–H groups in total. The van der Waals surface area contributed by atoms with Crippen LogP contribution in [0.3, 0.4) is 0 Å². The van der Waals surface area contributed by atoms with Gasteiger partial charge in [-0.3, -0.25) is 9.59 Å². The minimum Gasteiger partial charge on any atom is -0.339 e. The van der Waals surface area contributed by atoms with Gasteiger partial charge in [0.05, 0.1) is 6.54 Å². The van der Waals surface area contributed by atoms with Crippen LogP contribution in [0.25, 0.3) is 10.8 Å². The minimum atomic E-state index is -0.586. The molecule has 0 radical (unpaired) electrons. The van der Waals surface area contributed by atoms with Crippen molar-refractivity contribution in [2.75, 3.05) is 13.6 Å². The third kappa shape index (κ3) is 1.95. The SMILES string of the molecule is CN1CC(=O)N[C@@H](c2cccc3ccccc23)C1=O. The molecule has 1 heterocycles. The van der Waals surface area contributed by atoms with Crippen LogP contribution in [0.15, 0.2) is 42.5 Å². The predicted octanol–water partition coefficient (Wildman–Crippen LogP) is 1.47. The van der Waals surface area contributed by atoms with Gasteiger partial charge in [-0.2, -0.15) is 0 Å². The van der Waals surface area contributed by atoms with Crippen LogP contribution in [-0.4, -0.2) is 30.3 Å². The van der Waals surface area contributed by atoms with Crippen LogP contribution in [0.4, 0.5) is 0 Å². The van der Waals surface area contributed by atoms with Gasteiger partial charge >= 0.3 is 0 Å². The molecule has 3 rings (SSSR count). The van der Waals surface area contributed by atoms with Crippen molar-refractivity contribution in [3.8, 4) is 0 Å². The number of carbonyl (C=O) groups is 2. The molecule has 1 fully saturated rings. The van der Waals surface area contributed by atoms with E-state index >= 15 is 0 Å². The summed E-state index contributed by atoms with van der Waals surface area (Å²) >= 11 is 0. The summed E-state index contributed by atoms with van der Waals surface area (Å²) in [5.41, 5.74) is 0.850. The molecule has 4 heteroatoms. The standard InChI is InChI=1S/C15H14N2O2/c1-17-9-13(18)16-14(15(17)19)12-8-4-6-10-5-2-3-7-11(10)12/h2-8,14H,9H2,1H3,(H,16,18)/t14-/m0/s1. The summed E-state index contributed by atoms with van der Waals surface area (Å²) in [5, 5.41) is 4.84. The van der Waals surface area contributed by atoms with E-state index in [0.29, 0.717) is 0 Å². The van der Waals surface area contributed by atoms with Gasteiger partial charge in [0, 0.05) is 7.05 Å². The second kappa shape index (κ2) is 4.39. The van der Waals surface area contributed by atoms with Crippen molar-refractivity contribution in [3.63, 3.8) is 0 Å². The molecule has 1 atom stereocenters. The highest BCUT2D eigenvalue weighted by atomic mass is 16.2. The topological polar surface area (TPSA) is 49.4 Å². The van der Waals surface area contributed by atoms with E-state index in [1.807, 2.05) is 42.5 Å². The van der Waals surface area contributed by atoms with Gasteiger partial charge in [0.15, 0.2) is 0 Å². The van der Waals surface area contributed by atoms with Gasteiger partial charge in [-0.15, -0.1) is 0 Å². The number of amides is 2. The highest BCUT2D eigenvalue weighted by Gasteiger charge is 2.32. The maximum absolute atomic E-state index is 12.2. The third-order valence-electron chi connectivity index (χ3n) is 3.44. The molecule has 0 unspecified atom stereocenters. The van der Waals surface area contributed by atoms with Crippen molar-refractivity contribution in [2.24, 2.45) is 0 Å². The van der Waals surface area contributed by atoms with E-state index in [4.69, 9.17) is 0 Å². The number of fused-ring (bicyclic) bond motifs is 1. The van der Waals surface area contributed by atoms with Crippen LogP contribution < -0.4 is 5.32 Å². The Morgan fingerprint density at radius 1 is 1.11 bits per heavy atom. The maximum Gasteiger partial charge on any atom is 0.250 e. The Morgan fingerprint density at radius 3 is 2.68 bits per heavy atom. The number of piperazine rings is 1. The van der Waals surface area contributed by atoms with Gasteiger partial charge < -0.3 is 10.2 Å². The summed E-state index contributed by atoms with van der Waals surface area (Å²) in [6, 6.07) is 13.1. The van der Waals surface area contributed by atoms with Crippen LogP contribution in [0.2, 0.25) is 0 Å². The minimum absolute atomic E-state index is 0.0732. The smallest absolute Gasteiger partial charge is 0.250 e. The highest BCUT2D eigenvalue weighted by Crippen LogP contribution is 2.26. The Kier molecular flexibility index (Phi) is 2.71. The molecule has 1 saturated heterocycles. The number of nitrogens with one attached hydrogen (secondary N) is 1. The first-order valence-corrected chi connectivity index (χ1v) is 6.19. The van der Waals surface area contributed by atoms with Gasteiger partial charge in [-0.1, -0.05) is 42.5 Å².